The molecule has 0 aromatic heterocycles. The van der Waals surface area contributed by atoms with Gasteiger partial charge in [-0.2, -0.15) is 11.8 Å². The average Bonchev–Trinajstić information content (AvgIpc) is 2.02. The van der Waals surface area contributed by atoms with Crippen molar-refractivity contribution in [3.05, 3.63) is 0 Å². The smallest absolute Gasteiger partial charge is 0.0905 e. The number of nitrogens with one attached hydrogen (secondary N) is 1. The predicted molar refractivity (Wildman–Crippen MR) is 59.4 cm³/mol. The summed E-state index contributed by atoms with van der Waals surface area (Å²) in [5.74, 6) is 1.31. The van der Waals surface area contributed by atoms with Gasteiger partial charge < -0.3 is 10.8 Å². The molecule has 4 N–H and O–H groups in total. The Labute approximate surface area is 84.6 Å². The zero-order chi connectivity index (χ0) is 10.3. The summed E-state index contributed by atoms with van der Waals surface area (Å²) in [6, 6.07) is 0. The highest BCUT2D eigenvalue weighted by Crippen LogP contribution is 2.16. The number of unbranched alkanes of at least 4 members (excludes halogenated alkanes) is 1. The Kier molecular flexibility index (Phi) is 7.09. The Balaban J connectivity index is 3.21. The van der Waals surface area contributed by atoms with E-state index < -0.39 is 0 Å². The second-order valence-corrected chi connectivity index (χ2v) is 4.78. The summed E-state index contributed by atoms with van der Waals surface area (Å²) in [6.07, 6.45) is 2.51. The molecule has 2 atom stereocenters. The van der Waals surface area contributed by atoms with Crippen LogP contribution < -0.4 is 5.73 Å². The molecule has 3 nitrogen and oxygen atoms in total. The Hall–Kier alpha value is -0.220. The Morgan fingerprint density at radius 1 is 1.46 bits per heavy atom. The highest BCUT2D eigenvalue weighted by atomic mass is 32.2. The highest BCUT2D eigenvalue weighted by molar-refractivity contribution is 7.99. The number of rotatable bonds is 7. The van der Waals surface area contributed by atoms with Crippen LogP contribution in [0.5, 0.6) is 0 Å². The summed E-state index contributed by atoms with van der Waals surface area (Å²) < 4.78 is 0. The summed E-state index contributed by atoms with van der Waals surface area (Å²) in [5, 5.41) is 16.5. The minimum atomic E-state index is -0.238. The number of nitrogens with two attached hydrogens (primary N) is 1. The quantitative estimate of drug-likeness (QED) is 0.335. The summed E-state index contributed by atoms with van der Waals surface area (Å²) in [5.41, 5.74) is 5.22. The van der Waals surface area contributed by atoms with Crippen molar-refractivity contribution in [2.24, 2.45) is 5.73 Å². The topological polar surface area (TPSA) is 70.1 Å². The zero-order valence-electron chi connectivity index (χ0n) is 8.42. The van der Waals surface area contributed by atoms with Gasteiger partial charge in [-0.1, -0.05) is 6.92 Å². The van der Waals surface area contributed by atoms with E-state index >= 15 is 0 Å². The fourth-order valence-corrected chi connectivity index (χ4v) is 1.85. The van der Waals surface area contributed by atoms with Gasteiger partial charge in [-0.15, -0.1) is 0 Å². The molecule has 0 aliphatic heterocycles. The molecular formula is C9H20N2OS. The van der Waals surface area contributed by atoms with Crippen molar-refractivity contribution in [2.45, 2.75) is 44.5 Å². The molecule has 0 aliphatic rings. The molecule has 0 fully saturated rings. The third kappa shape index (κ3) is 8.12. The van der Waals surface area contributed by atoms with E-state index in [1.54, 1.807) is 11.8 Å². The third-order valence-corrected chi connectivity index (χ3v) is 3.34. The van der Waals surface area contributed by atoms with E-state index in [2.05, 4.69) is 0 Å². The second-order valence-electron chi connectivity index (χ2n) is 3.30. The number of hydrogen-bond donors (Lipinski definition) is 3. The van der Waals surface area contributed by atoms with Gasteiger partial charge >= 0.3 is 0 Å². The minimum Gasteiger partial charge on any atom is -0.392 e. The molecule has 0 bridgehead atoms. The van der Waals surface area contributed by atoms with E-state index in [1.165, 1.54) is 0 Å². The first-order chi connectivity index (χ1) is 6.04. The molecule has 4 heteroatoms. The number of amidine groups is 1. The summed E-state index contributed by atoms with van der Waals surface area (Å²) in [4.78, 5) is 0. The van der Waals surface area contributed by atoms with Crippen molar-refractivity contribution in [1.82, 2.24) is 0 Å². The van der Waals surface area contributed by atoms with Gasteiger partial charge in [0, 0.05) is 11.7 Å². The number of aliphatic hydroxyl groups is 1. The van der Waals surface area contributed by atoms with Crippen LogP contribution in [0, 0.1) is 5.41 Å². The molecule has 0 aromatic rings. The Morgan fingerprint density at radius 2 is 2.08 bits per heavy atom. The van der Waals surface area contributed by atoms with Crippen LogP contribution in [0.25, 0.3) is 0 Å². The van der Waals surface area contributed by atoms with Gasteiger partial charge in [0.25, 0.3) is 0 Å². The zero-order valence-corrected chi connectivity index (χ0v) is 9.23. The predicted octanol–water partition coefficient (Wildman–Crippen LogP) is 1.60. The first kappa shape index (κ1) is 12.8. The van der Waals surface area contributed by atoms with Crippen molar-refractivity contribution >= 4 is 17.6 Å². The molecule has 0 spiro atoms. The Bertz CT molecular complexity index is 151. The SMILES string of the molecule is CC(O)C(C)SCCCCC(=N)N. The molecular weight excluding hydrogens is 184 g/mol. The lowest BCUT2D eigenvalue weighted by Gasteiger charge is -2.13. The van der Waals surface area contributed by atoms with Gasteiger partial charge in [0.15, 0.2) is 0 Å². The van der Waals surface area contributed by atoms with Crippen LogP contribution in [0.2, 0.25) is 0 Å². The van der Waals surface area contributed by atoms with Crippen molar-refractivity contribution in [3.63, 3.8) is 0 Å². The first-order valence-electron chi connectivity index (χ1n) is 4.66. The standard InChI is InChI=1S/C9H20N2OS/c1-7(12)8(2)13-6-4-3-5-9(10)11/h7-8,12H,3-6H2,1-2H3,(H3,10,11). The third-order valence-electron chi connectivity index (χ3n) is 1.90. The molecule has 0 rings (SSSR count). The first-order valence-corrected chi connectivity index (χ1v) is 5.71. The molecule has 78 valence electrons. The molecule has 0 saturated carbocycles. The van der Waals surface area contributed by atoms with Crippen molar-refractivity contribution in [2.75, 3.05) is 5.75 Å². The van der Waals surface area contributed by atoms with Gasteiger partial charge in [0.05, 0.1) is 11.9 Å². The minimum absolute atomic E-state index is 0.238. The average molecular weight is 204 g/mol. The molecule has 0 aliphatic carbocycles. The fraction of sp³-hybridized carbons (Fsp3) is 0.889. The number of aliphatic hydroxyl groups excluding tert-OH is 1. The maximum Gasteiger partial charge on any atom is 0.0905 e. The molecule has 0 amide bonds. The van der Waals surface area contributed by atoms with E-state index in [-0.39, 0.29) is 11.9 Å². The lowest BCUT2D eigenvalue weighted by molar-refractivity contribution is 0.196. The van der Waals surface area contributed by atoms with Crippen LogP contribution in [0.15, 0.2) is 0 Å². The van der Waals surface area contributed by atoms with E-state index in [4.69, 9.17) is 11.1 Å². The molecule has 13 heavy (non-hydrogen) atoms. The lowest BCUT2D eigenvalue weighted by atomic mass is 10.2. The summed E-state index contributed by atoms with van der Waals surface area (Å²) >= 11 is 1.77. The largest absolute Gasteiger partial charge is 0.392 e. The van der Waals surface area contributed by atoms with Gasteiger partial charge in [-0.25, -0.2) is 0 Å². The molecule has 0 heterocycles. The van der Waals surface area contributed by atoms with Crippen LogP contribution in [0.3, 0.4) is 0 Å². The fourth-order valence-electron chi connectivity index (χ4n) is 0.826. The van der Waals surface area contributed by atoms with Gasteiger partial charge in [-0.05, 0) is 25.5 Å². The molecule has 0 aromatic carbocycles. The normalized spacial score (nSPS) is 15.3. The maximum absolute atomic E-state index is 9.19. The van der Waals surface area contributed by atoms with Crippen LogP contribution >= 0.6 is 11.8 Å². The Morgan fingerprint density at radius 3 is 2.54 bits per heavy atom. The van der Waals surface area contributed by atoms with E-state index in [0.717, 1.165) is 18.6 Å². The monoisotopic (exact) mass is 204 g/mol. The second kappa shape index (κ2) is 7.21. The maximum atomic E-state index is 9.19. The van der Waals surface area contributed by atoms with E-state index in [0.29, 0.717) is 11.7 Å². The van der Waals surface area contributed by atoms with Crippen molar-refractivity contribution in [1.29, 1.82) is 5.41 Å². The van der Waals surface area contributed by atoms with Crippen LogP contribution in [0.1, 0.15) is 33.1 Å². The molecule has 2 unspecified atom stereocenters. The van der Waals surface area contributed by atoms with Crippen LogP contribution in [0.4, 0.5) is 0 Å². The summed E-state index contributed by atoms with van der Waals surface area (Å²) in [7, 11) is 0. The lowest BCUT2D eigenvalue weighted by Crippen LogP contribution is -2.15. The number of hydrogen-bond acceptors (Lipinski definition) is 3. The van der Waals surface area contributed by atoms with Gasteiger partial charge in [0.1, 0.15) is 0 Å². The van der Waals surface area contributed by atoms with E-state index in [1.807, 2.05) is 13.8 Å². The van der Waals surface area contributed by atoms with Gasteiger partial charge in [-0.3, -0.25) is 5.41 Å². The van der Waals surface area contributed by atoms with E-state index in [9.17, 15) is 5.11 Å². The van der Waals surface area contributed by atoms with Crippen LogP contribution in [-0.2, 0) is 0 Å². The van der Waals surface area contributed by atoms with Crippen molar-refractivity contribution in [3.8, 4) is 0 Å². The summed E-state index contributed by atoms with van der Waals surface area (Å²) in [6.45, 7) is 3.84. The van der Waals surface area contributed by atoms with Gasteiger partial charge in [0.2, 0.25) is 0 Å². The van der Waals surface area contributed by atoms with Crippen molar-refractivity contribution < 1.29 is 5.11 Å². The highest BCUT2D eigenvalue weighted by Gasteiger charge is 2.07. The molecule has 0 radical (unpaired) electrons. The van der Waals surface area contributed by atoms with Crippen LogP contribution in [-0.4, -0.2) is 28.0 Å². The molecule has 0 saturated heterocycles. The number of thioether (sulfide) groups is 1.